The van der Waals surface area contributed by atoms with Crippen LogP contribution in [0.25, 0.3) is 0 Å². The molecule has 0 radical (unpaired) electrons. The van der Waals surface area contributed by atoms with E-state index in [0.29, 0.717) is 0 Å². The summed E-state index contributed by atoms with van der Waals surface area (Å²) in [6, 6.07) is 4.03. The highest BCUT2D eigenvalue weighted by molar-refractivity contribution is 8.76. The van der Waals surface area contributed by atoms with Gasteiger partial charge in [-0.05, 0) is 12.1 Å². The maximum Gasteiger partial charge on any atom is 0.0412 e. The van der Waals surface area contributed by atoms with Crippen LogP contribution in [0.2, 0.25) is 0 Å². The predicted octanol–water partition coefficient (Wildman–Crippen LogP) is 2.84. The second kappa shape index (κ2) is 4.63. The van der Waals surface area contributed by atoms with Crippen molar-refractivity contribution in [1.29, 1.82) is 0 Å². The van der Waals surface area contributed by atoms with Crippen LogP contribution in [-0.2, 0) is 0 Å². The Balaban J connectivity index is 2.43. The maximum absolute atomic E-state index is 4.00. The molecule has 1 heterocycles. The number of aromatic nitrogens is 1. The molecular weight excluding hydrogens is 162 g/mol. The Bertz CT molecular complexity index is 176. The zero-order valence-corrected chi connectivity index (χ0v) is 7.41. The van der Waals surface area contributed by atoms with Crippen molar-refractivity contribution >= 4 is 21.6 Å². The van der Waals surface area contributed by atoms with Gasteiger partial charge in [0.25, 0.3) is 0 Å². The monoisotopic (exact) mass is 171 g/mol. The maximum atomic E-state index is 4.00. The molecular formula is C7H9NS2. The molecule has 1 nitrogen and oxygen atoms in total. The highest BCUT2D eigenvalue weighted by Gasteiger charge is 1.89. The zero-order valence-electron chi connectivity index (χ0n) is 5.78. The van der Waals surface area contributed by atoms with E-state index >= 15 is 0 Å². The van der Waals surface area contributed by atoms with Crippen molar-refractivity contribution in [3.8, 4) is 0 Å². The summed E-state index contributed by atoms with van der Waals surface area (Å²) in [6.07, 6.45) is 3.67. The Morgan fingerprint density at radius 3 is 3.10 bits per heavy atom. The van der Waals surface area contributed by atoms with Crippen LogP contribution < -0.4 is 0 Å². The van der Waals surface area contributed by atoms with Crippen LogP contribution in [0.3, 0.4) is 0 Å². The van der Waals surface area contributed by atoms with Gasteiger partial charge in [-0.2, -0.15) is 0 Å². The zero-order chi connectivity index (χ0) is 7.23. The first-order valence-corrected chi connectivity index (χ1v) is 5.45. The van der Waals surface area contributed by atoms with E-state index in [0.717, 1.165) is 5.75 Å². The van der Waals surface area contributed by atoms with E-state index in [9.17, 15) is 0 Å². The Hall–Kier alpha value is -0.150. The summed E-state index contributed by atoms with van der Waals surface area (Å²) < 4.78 is 0. The van der Waals surface area contributed by atoms with Crippen LogP contribution in [0.15, 0.2) is 29.4 Å². The highest BCUT2D eigenvalue weighted by Crippen LogP contribution is 2.29. The molecule has 0 fully saturated rings. The standard InChI is InChI=1S/C7H9NS2/c1-2-9-10-7-4-3-5-8-6-7/h3-6H,2H2,1H3. The van der Waals surface area contributed by atoms with Crippen molar-refractivity contribution < 1.29 is 0 Å². The Morgan fingerprint density at radius 2 is 2.50 bits per heavy atom. The van der Waals surface area contributed by atoms with E-state index in [1.54, 1.807) is 17.0 Å². The molecule has 0 atom stereocenters. The second-order valence-corrected chi connectivity index (χ2v) is 4.34. The van der Waals surface area contributed by atoms with Gasteiger partial charge >= 0.3 is 0 Å². The van der Waals surface area contributed by atoms with Crippen molar-refractivity contribution in [1.82, 2.24) is 4.98 Å². The van der Waals surface area contributed by atoms with Gasteiger partial charge in [0, 0.05) is 23.0 Å². The third kappa shape index (κ3) is 2.62. The van der Waals surface area contributed by atoms with Crippen molar-refractivity contribution in [2.24, 2.45) is 0 Å². The van der Waals surface area contributed by atoms with E-state index in [4.69, 9.17) is 0 Å². The lowest BCUT2D eigenvalue weighted by Crippen LogP contribution is -1.70. The largest absolute Gasteiger partial charge is 0.264 e. The van der Waals surface area contributed by atoms with E-state index in [1.165, 1.54) is 4.90 Å². The van der Waals surface area contributed by atoms with E-state index in [-0.39, 0.29) is 0 Å². The Kier molecular flexibility index (Phi) is 3.68. The predicted molar refractivity (Wildman–Crippen MR) is 48.2 cm³/mol. The van der Waals surface area contributed by atoms with Gasteiger partial charge in [-0.1, -0.05) is 28.5 Å². The van der Waals surface area contributed by atoms with Crippen molar-refractivity contribution in [2.45, 2.75) is 11.8 Å². The van der Waals surface area contributed by atoms with Crippen LogP contribution in [0.5, 0.6) is 0 Å². The van der Waals surface area contributed by atoms with E-state index < -0.39 is 0 Å². The molecule has 0 unspecified atom stereocenters. The van der Waals surface area contributed by atoms with Crippen LogP contribution in [0, 0.1) is 0 Å². The minimum Gasteiger partial charge on any atom is -0.264 e. The lowest BCUT2D eigenvalue weighted by Gasteiger charge is -1.94. The van der Waals surface area contributed by atoms with Crippen molar-refractivity contribution in [3.05, 3.63) is 24.5 Å². The molecule has 0 aliphatic carbocycles. The first-order valence-electron chi connectivity index (χ1n) is 3.13. The molecule has 1 aromatic rings. The van der Waals surface area contributed by atoms with E-state index in [2.05, 4.69) is 18.0 Å². The topological polar surface area (TPSA) is 12.9 Å². The fourth-order valence-corrected chi connectivity index (χ4v) is 2.07. The third-order valence-electron chi connectivity index (χ3n) is 0.907. The average molecular weight is 171 g/mol. The van der Waals surface area contributed by atoms with Crippen LogP contribution in [-0.4, -0.2) is 10.7 Å². The molecule has 10 heavy (non-hydrogen) atoms. The number of hydrogen-bond acceptors (Lipinski definition) is 3. The Labute approximate surface area is 69.0 Å². The summed E-state index contributed by atoms with van der Waals surface area (Å²) in [5.41, 5.74) is 0. The minimum absolute atomic E-state index is 1.14. The van der Waals surface area contributed by atoms with Gasteiger partial charge in [-0.3, -0.25) is 4.98 Å². The van der Waals surface area contributed by atoms with Gasteiger partial charge in [0.2, 0.25) is 0 Å². The summed E-state index contributed by atoms with van der Waals surface area (Å²) in [5, 5.41) is 0. The molecule has 54 valence electrons. The van der Waals surface area contributed by atoms with Gasteiger partial charge in [0.05, 0.1) is 0 Å². The molecule has 0 N–H and O–H groups in total. The molecule has 1 aromatic heterocycles. The van der Waals surface area contributed by atoms with Crippen LogP contribution in [0.4, 0.5) is 0 Å². The molecule has 0 aliphatic rings. The lowest BCUT2D eigenvalue weighted by molar-refractivity contribution is 1.24. The fraction of sp³-hybridized carbons (Fsp3) is 0.286. The summed E-state index contributed by atoms with van der Waals surface area (Å²) in [7, 11) is 3.61. The summed E-state index contributed by atoms with van der Waals surface area (Å²) in [6.45, 7) is 2.15. The van der Waals surface area contributed by atoms with Gasteiger partial charge in [-0.15, -0.1) is 0 Å². The van der Waals surface area contributed by atoms with Crippen molar-refractivity contribution in [3.63, 3.8) is 0 Å². The SMILES string of the molecule is CCSSc1cccnc1. The molecule has 0 amide bonds. The smallest absolute Gasteiger partial charge is 0.0412 e. The molecule has 0 bridgehead atoms. The fourth-order valence-electron chi connectivity index (χ4n) is 0.523. The summed E-state index contributed by atoms with van der Waals surface area (Å²) in [4.78, 5) is 5.23. The molecule has 0 spiro atoms. The lowest BCUT2D eigenvalue weighted by atomic mass is 10.5. The van der Waals surface area contributed by atoms with Crippen LogP contribution >= 0.6 is 21.6 Å². The van der Waals surface area contributed by atoms with Gasteiger partial charge in [0.15, 0.2) is 0 Å². The molecule has 0 saturated heterocycles. The quantitative estimate of drug-likeness (QED) is 0.649. The first kappa shape index (κ1) is 7.95. The number of hydrogen-bond donors (Lipinski definition) is 0. The third-order valence-corrected chi connectivity index (χ3v) is 3.33. The minimum atomic E-state index is 1.14. The average Bonchev–Trinajstić information content (AvgIpc) is 2.03. The van der Waals surface area contributed by atoms with Gasteiger partial charge in [0.1, 0.15) is 0 Å². The second-order valence-electron chi connectivity index (χ2n) is 1.68. The van der Waals surface area contributed by atoms with Gasteiger partial charge < -0.3 is 0 Å². The first-order chi connectivity index (χ1) is 4.93. The number of nitrogens with zero attached hydrogens (tertiary/aromatic N) is 1. The van der Waals surface area contributed by atoms with Gasteiger partial charge in [-0.25, -0.2) is 0 Å². The molecule has 3 heteroatoms. The van der Waals surface area contributed by atoms with Crippen molar-refractivity contribution in [2.75, 3.05) is 5.75 Å². The molecule has 0 saturated carbocycles. The Morgan fingerprint density at radius 1 is 1.60 bits per heavy atom. The van der Waals surface area contributed by atoms with Crippen LogP contribution in [0.1, 0.15) is 6.92 Å². The van der Waals surface area contributed by atoms with E-state index in [1.807, 2.05) is 23.1 Å². The number of pyridine rings is 1. The highest BCUT2D eigenvalue weighted by atomic mass is 33.1. The normalized spacial score (nSPS) is 9.70. The number of rotatable bonds is 3. The summed E-state index contributed by atoms with van der Waals surface area (Å²) in [5.74, 6) is 1.14. The summed E-state index contributed by atoms with van der Waals surface area (Å²) >= 11 is 0. The molecule has 1 rings (SSSR count). The molecule has 0 aliphatic heterocycles. The molecule has 0 aromatic carbocycles.